The number of aliphatic hydroxyl groups excluding tert-OH is 1. The highest BCUT2D eigenvalue weighted by Gasteiger charge is 2.47. The average molecular weight is 180 g/mol. The molecule has 0 unspecified atom stereocenters. The molecular formula is C11H16O2. The van der Waals surface area contributed by atoms with Crippen molar-refractivity contribution in [1.82, 2.24) is 0 Å². The molecule has 2 aliphatic rings. The fourth-order valence-corrected chi connectivity index (χ4v) is 2.99. The summed E-state index contributed by atoms with van der Waals surface area (Å²) in [5.74, 6) is 0.358. The lowest BCUT2D eigenvalue weighted by molar-refractivity contribution is -0.123. The number of allylic oxidation sites excluding steroid dienone is 2. The van der Waals surface area contributed by atoms with Crippen molar-refractivity contribution < 1.29 is 9.90 Å². The van der Waals surface area contributed by atoms with Crippen molar-refractivity contribution in [3.05, 3.63) is 11.6 Å². The Morgan fingerprint density at radius 3 is 3.15 bits per heavy atom. The summed E-state index contributed by atoms with van der Waals surface area (Å²) in [5.41, 5.74) is 1.05. The largest absolute Gasteiger partial charge is 0.396 e. The molecule has 0 aromatic carbocycles. The predicted octanol–water partition coefficient (Wildman–Crippen LogP) is 1.68. The van der Waals surface area contributed by atoms with Crippen LogP contribution in [0.3, 0.4) is 0 Å². The van der Waals surface area contributed by atoms with Crippen molar-refractivity contribution in [2.75, 3.05) is 6.61 Å². The Balaban J connectivity index is 2.34. The van der Waals surface area contributed by atoms with Gasteiger partial charge in [0.2, 0.25) is 0 Å². The maximum atomic E-state index is 11.7. The highest BCUT2D eigenvalue weighted by atomic mass is 16.3. The predicted molar refractivity (Wildman–Crippen MR) is 50.2 cm³/mol. The van der Waals surface area contributed by atoms with Crippen LogP contribution in [0.25, 0.3) is 0 Å². The molecule has 0 aliphatic heterocycles. The zero-order valence-electron chi connectivity index (χ0n) is 8.05. The molecule has 0 aromatic rings. The van der Waals surface area contributed by atoms with Crippen LogP contribution < -0.4 is 0 Å². The first-order valence-corrected chi connectivity index (χ1v) is 5.00. The fraction of sp³-hybridized carbons (Fsp3) is 0.727. The van der Waals surface area contributed by atoms with Gasteiger partial charge < -0.3 is 5.11 Å². The third kappa shape index (κ3) is 1.24. The molecule has 2 heteroatoms. The first kappa shape index (κ1) is 8.95. The van der Waals surface area contributed by atoms with Crippen molar-refractivity contribution in [1.29, 1.82) is 0 Å². The Morgan fingerprint density at radius 2 is 2.46 bits per heavy atom. The van der Waals surface area contributed by atoms with Crippen LogP contribution in [-0.4, -0.2) is 17.5 Å². The number of aliphatic hydroxyl groups is 1. The lowest BCUT2D eigenvalue weighted by atomic mass is 9.69. The first-order valence-electron chi connectivity index (χ1n) is 5.00. The molecule has 2 aliphatic carbocycles. The van der Waals surface area contributed by atoms with Crippen LogP contribution in [0.4, 0.5) is 0 Å². The van der Waals surface area contributed by atoms with E-state index in [4.69, 9.17) is 0 Å². The zero-order chi connectivity index (χ0) is 9.47. The molecule has 2 nitrogen and oxygen atoms in total. The van der Waals surface area contributed by atoms with Gasteiger partial charge in [0.15, 0.2) is 5.78 Å². The number of carbonyl (C=O) groups is 1. The Labute approximate surface area is 78.6 Å². The van der Waals surface area contributed by atoms with Gasteiger partial charge in [0.05, 0.1) is 0 Å². The Hall–Kier alpha value is -0.630. The minimum Gasteiger partial charge on any atom is -0.396 e. The van der Waals surface area contributed by atoms with Crippen LogP contribution in [0.1, 0.15) is 32.6 Å². The number of carbonyl (C=O) groups excluding carboxylic acids is 1. The second kappa shape index (κ2) is 2.95. The fourth-order valence-electron chi connectivity index (χ4n) is 2.99. The molecular weight excluding hydrogens is 164 g/mol. The number of fused-ring (bicyclic) bond motifs is 1. The van der Waals surface area contributed by atoms with Crippen molar-refractivity contribution >= 4 is 5.78 Å². The van der Waals surface area contributed by atoms with Crippen molar-refractivity contribution in [3.8, 4) is 0 Å². The quantitative estimate of drug-likeness (QED) is 0.666. The molecule has 72 valence electrons. The first-order chi connectivity index (χ1) is 6.18. The lowest BCUT2D eigenvalue weighted by Crippen LogP contribution is -2.37. The maximum Gasteiger partial charge on any atom is 0.159 e. The molecule has 0 radical (unpaired) electrons. The Kier molecular flexibility index (Phi) is 2.03. The molecule has 1 N–H and O–H groups in total. The van der Waals surface area contributed by atoms with Gasteiger partial charge in [-0.2, -0.15) is 0 Å². The van der Waals surface area contributed by atoms with Gasteiger partial charge in [-0.05, 0) is 32.3 Å². The molecule has 13 heavy (non-hydrogen) atoms. The van der Waals surface area contributed by atoms with Gasteiger partial charge in [0.25, 0.3) is 0 Å². The Morgan fingerprint density at radius 1 is 1.69 bits per heavy atom. The Bertz CT molecular complexity index is 267. The van der Waals surface area contributed by atoms with E-state index in [0.29, 0.717) is 0 Å². The summed E-state index contributed by atoms with van der Waals surface area (Å²) in [7, 11) is 0. The lowest BCUT2D eigenvalue weighted by Gasteiger charge is -2.36. The molecule has 1 saturated carbocycles. The highest BCUT2D eigenvalue weighted by molar-refractivity contribution is 5.94. The molecule has 0 bridgehead atoms. The van der Waals surface area contributed by atoms with Gasteiger partial charge in [-0.25, -0.2) is 0 Å². The van der Waals surface area contributed by atoms with Crippen molar-refractivity contribution in [2.45, 2.75) is 32.6 Å². The van der Waals surface area contributed by atoms with Gasteiger partial charge in [-0.3, -0.25) is 4.79 Å². The summed E-state index contributed by atoms with van der Waals surface area (Å²) in [5, 5.41) is 9.41. The summed E-state index contributed by atoms with van der Waals surface area (Å²) < 4.78 is 0. The summed E-state index contributed by atoms with van der Waals surface area (Å²) in [4.78, 5) is 11.7. The van der Waals surface area contributed by atoms with Crippen molar-refractivity contribution in [2.24, 2.45) is 11.3 Å². The number of rotatable bonds is 1. The van der Waals surface area contributed by atoms with Gasteiger partial charge in [0.1, 0.15) is 0 Å². The summed E-state index contributed by atoms with van der Waals surface area (Å²) >= 11 is 0. The molecule has 0 spiro atoms. The summed E-state index contributed by atoms with van der Waals surface area (Å²) in [6, 6.07) is 0. The van der Waals surface area contributed by atoms with E-state index in [1.54, 1.807) is 6.08 Å². The third-order valence-electron chi connectivity index (χ3n) is 3.58. The molecule has 0 saturated heterocycles. The minimum absolute atomic E-state index is 0.0874. The second-order valence-corrected chi connectivity index (χ2v) is 4.54. The van der Waals surface area contributed by atoms with E-state index in [1.165, 1.54) is 0 Å². The van der Waals surface area contributed by atoms with E-state index in [9.17, 15) is 9.90 Å². The normalized spacial score (nSPS) is 38.8. The number of ketones is 1. The monoisotopic (exact) mass is 180 g/mol. The second-order valence-electron chi connectivity index (χ2n) is 4.54. The van der Waals surface area contributed by atoms with Crippen LogP contribution in [0, 0.1) is 11.3 Å². The van der Waals surface area contributed by atoms with Crippen LogP contribution in [-0.2, 0) is 4.79 Å². The van der Waals surface area contributed by atoms with Gasteiger partial charge in [-0.1, -0.05) is 12.0 Å². The molecule has 0 heterocycles. The maximum absolute atomic E-state index is 11.7. The molecule has 2 atom stereocenters. The average Bonchev–Trinajstić information content (AvgIpc) is 2.48. The van der Waals surface area contributed by atoms with E-state index in [2.05, 4.69) is 0 Å². The zero-order valence-corrected chi connectivity index (χ0v) is 8.05. The molecule has 0 aromatic heterocycles. The van der Waals surface area contributed by atoms with E-state index in [-0.39, 0.29) is 23.7 Å². The third-order valence-corrected chi connectivity index (χ3v) is 3.58. The van der Waals surface area contributed by atoms with Gasteiger partial charge in [-0.15, -0.1) is 0 Å². The van der Waals surface area contributed by atoms with Crippen LogP contribution >= 0.6 is 0 Å². The highest BCUT2D eigenvalue weighted by Crippen LogP contribution is 2.50. The van der Waals surface area contributed by atoms with E-state index in [1.807, 2.05) is 6.92 Å². The topological polar surface area (TPSA) is 37.3 Å². The standard InChI is InChI=1S/C11H16O2/c1-8-5-10(13)9-3-2-4-11(9,6-8)7-12/h5,9,12H,2-4,6-7H2,1H3/t9-,11+/m1/s1. The molecule has 0 amide bonds. The van der Waals surface area contributed by atoms with Gasteiger partial charge in [0, 0.05) is 17.9 Å². The van der Waals surface area contributed by atoms with Crippen molar-refractivity contribution in [3.63, 3.8) is 0 Å². The van der Waals surface area contributed by atoms with Crippen LogP contribution in [0.5, 0.6) is 0 Å². The van der Waals surface area contributed by atoms with E-state index >= 15 is 0 Å². The smallest absolute Gasteiger partial charge is 0.159 e. The molecule has 1 fully saturated rings. The van der Waals surface area contributed by atoms with Crippen LogP contribution in [0.15, 0.2) is 11.6 Å². The summed E-state index contributed by atoms with van der Waals surface area (Å²) in [6.07, 6.45) is 5.77. The minimum atomic E-state index is -0.0874. The summed E-state index contributed by atoms with van der Waals surface area (Å²) in [6.45, 7) is 2.17. The van der Waals surface area contributed by atoms with E-state index < -0.39 is 0 Å². The van der Waals surface area contributed by atoms with Gasteiger partial charge >= 0.3 is 0 Å². The molecule has 2 rings (SSSR count). The van der Waals surface area contributed by atoms with Crippen LogP contribution in [0.2, 0.25) is 0 Å². The number of hydrogen-bond acceptors (Lipinski definition) is 2. The van der Waals surface area contributed by atoms with E-state index in [0.717, 1.165) is 31.3 Å². The SMILES string of the molecule is CC1=CC(=O)[C@H]2CCC[C@@]2(CO)C1. The number of hydrogen-bond donors (Lipinski definition) is 1.